The lowest BCUT2D eigenvalue weighted by atomic mass is 10.0. The Kier molecular flexibility index (Phi) is 6.21. The second-order valence-corrected chi connectivity index (χ2v) is 7.48. The van der Waals surface area contributed by atoms with E-state index in [1.54, 1.807) is 12.1 Å². The van der Waals surface area contributed by atoms with Crippen LogP contribution in [-0.4, -0.2) is 18.1 Å². The molecule has 1 aromatic rings. The first-order valence-corrected chi connectivity index (χ1v) is 7.91. The van der Waals surface area contributed by atoms with Gasteiger partial charge in [0.2, 0.25) is 0 Å². The largest absolute Gasteiger partial charge is 0.369 e. The van der Waals surface area contributed by atoms with Gasteiger partial charge in [0.1, 0.15) is 5.82 Å². The zero-order valence-corrected chi connectivity index (χ0v) is 14.6. The number of anilines is 1. The topological polar surface area (TPSA) is 15.3 Å². The van der Waals surface area contributed by atoms with E-state index in [2.05, 4.69) is 58.7 Å². The summed E-state index contributed by atoms with van der Waals surface area (Å²) in [4.78, 5) is 2.30. The summed E-state index contributed by atoms with van der Waals surface area (Å²) in [6.45, 7) is 16.5. The predicted molar refractivity (Wildman–Crippen MR) is 90.3 cm³/mol. The number of nitrogens with zero attached hydrogens (tertiary/aromatic N) is 1. The van der Waals surface area contributed by atoms with E-state index in [0.29, 0.717) is 18.5 Å². The molecule has 0 aliphatic rings. The minimum Gasteiger partial charge on any atom is -0.369 e. The van der Waals surface area contributed by atoms with Gasteiger partial charge in [0.15, 0.2) is 0 Å². The Morgan fingerprint density at radius 2 is 1.76 bits per heavy atom. The Balaban J connectivity index is 3.12. The summed E-state index contributed by atoms with van der Waals surface area (Å²) < 4.78 is 14.3. The third-order valence-electron chi connectivity index (χ3n) is 3.38. The molecular weight excluding hydrogens is 263 g/mol. The summed E-state index contributed by atoms with van der Waals surface area (Å²) in [6.07, 6.45) is 0. The molecule has 21 heavy (non-hydrogen) atoms. The third-order valence-corrected chi connectivity index (χ3v) is 3.38. The van der Waals surface area contributed by atoms with E-state index < -0.39 is 0 Å². The molecule has 0 spiro atoms. The molecule has 120 valence electrons. The van der Waals surface area contributed by atoms with Crippen molar-refractivity contribution in [3.8, 4) is 0 Å². The van der Waals surface area contributed by atoms with E-state index >= 15 is 0 Å². The lowest BCUT2D eigenvalue weighted by Crippen LogP contribution is -2.38. The molecule has 3 heteroatoms. The van der Waals surface area contributed by atoms with Crippen molar-refractivity contribution in [1.82, 2.24) is 5.32 Å². The van der Waals surface area contributed by atoms with Crippen molar-refractivity contribution < 1.29 is 4.39 Å². The van der Waals surface area contributed by atoms with Crippen LogP contribution in [0.15, 0.2) is 18.2 Å². The van der Waals surface area contributed by atoms with Crippen molar-refractivity contribution in [2.24, 2.45) is 5.92 Å². The van der Waals surface area contributed by atoms with E-state index in [1.165, 1.54) is 0 Å². The van der Waals surface area contributed by atoms with Gasteiger partial charge in [-0.3, -0.25) is 0 Å². The molecule has 1 aromatic carbocycles. The van der Waals surface area contributed by atoms with Crippen LogP contribution in [0.25, 0.3) is 0 Å². The highest BCUT2D eigenvalue weighted by molar-refractivity contribution is 5.55. The Hall–Kier alpha value is -1.09. The zero-order valence-electron chi connectivity index (χ0n) is 14.6. The first kappa shape index (κ1) is 18.0. The number of hydrogen-bond donors (Lipinski definition) is 1. The number of nitrogens with one attached hydrogen (secondary N) is 1. The molecule has 1 N–H and O–H groups in total. The van der Waals surface area contributed by atoms with Crippen LogP contribution < -0.4 is 10.2 Å². The highest BCUT2D eigenvalue weighted by atomic mass is 19.1. The van der Waals surface area contributed by atoms with Crippen LogP contribution >= 0.6 is 0 Å². The van der Waals surface area contributed by atoms with Gasteiger partial charge < -0.3 is 10.2 Å². The van der Waals surface area contributed by atoms with Crippen LogP contribution in [0.3, 0.4) is 0 Å². The van der Waals surface area contributed by atoms with Gasteiger partial charge in [-0.05, 0) is 52.7 Å². The van der Waals surface area contributed by atoms with E-state index in [0.717, 1.165) is 17.8 Å². The highest BCUT2D eigenvalue weighted by Crippen LogP contribution is 2.26. The second-order valence-electron chi connectivity index (χ2n) is 7.48. The quantitative estimate of drug-likeness (QED) is 0.826. The van der Waals surface area contributed by atoms with Gasteiger partial charge in [-0.25, -0.2) is 4.39 Å². The fraction of sp³-hybridized carbons (Fsp3) is 0.667. The van der Waals surface area contributed by atoms with Crippen molar-refractivity contribution in [3.63, 3.8) is 0 Å². The zero-order chi connectivity index (χ0) is 16.2. The van der Waals surface area contributed by atoms with Crippen molar-refractivity contribution in [2.45, 2.75) is 66.6 Å². The van der Waals surface area contributed by atoms with Crippen LogP contribution in [0.2, 0.25) is 0 Å². The molecule has 0 fully saturated rings. The SMILES string of the molecule is CC(C)CN(c1cccc(F)c1CNC(C)(C)C)C(C)C. The van der Waals surface area contributed by atoms with Gasteiger partial charge in [-0.1, -0.05) is 19.9 Å². The normalized spacial score (nSPS) is 12.3. The average Bonchev–Trinajstić information content (AvgIpc) is 2.32. The van der Waals surface area contributed by atoms with Gasteiger partial charge in [0.25, 0.3) is 0 Å². The van der Waals surface area contributed by atoms with E-state index in [1.807, 2.05) is 6.07 Å². The lowest BCUT2D eigenvalue weighted by Gasteiger charge is -2.33. The van der Waals surface area contributed by atoms with Crippen molar-refractivity contribution in [1.29, 1.82) is 0 Å². The molecule has 0 saturated carbocycles. The summed E-state index contributed by atoms with van der Waals surface area (Å²) >= 11 is 0. The fourth-order valence-corrected chi connectivity index (χ4v) is 2.33. The summed E-state index contributed by atoms with van der Waals surface area (Å²) in [6, 6.07) is 5.74. The predicted octanol–water partition coefficient (Wildman–Crippen LogP) is 4.58. The van der Waals surface area contributed by atoms with Gasteiger partial charge >= 0.3 is 0 Å². The maximum atomic E-state index is 14.3. The number of hydrogen-bond acceptors (Lipinski definition) is 2. The molecule has 0 radical (unpaired) electrons. The Bertz CT molecular complexity index is 447. The first-order chi connectivity index (χ1) is 9.61. The second kappa shape index (κ2) is 7.26. The summed E-state index contributed by atoms with van der Waals surface area (Å²) in [7, 11) is 0. The van der Waals surface area contributed by atoms with Crippen LogP contribution in [0.5, 0.6) is 0 Å². The summed E-state index contributed by atoms with van der Waals surface area (Å²) in [5.41, 5.74) is 1.75. The van der Waals surface area contributed by atoms with Crippen LogP contribution in [0.1, 0.15) is 54.0 Å². The van der Waals surface area contributed by atoms with Gasteiger partial charge in [0.05, 0.1) is 0 Å². The van der Waals surface area contributed by atoms with Gasteiger partial charge in [-0.15, -0.1) is 0 Å². The van der Waals surface area contributed by atoms with Crippen molar-refractivity contribution in [3.05, 3.63) is 29.6 Å². The Morgan fingerprint density at radius 3 is 2.24 bits per heavy atom. The summed E-state index contributed by atoms with van der Waals surface area (Å²) in [5, 5.41) is 3.40. The molecule has 0 aliphatic heterocycles. The molecule has 0 unspecified atom stereocenters. The molecule has 0 amide bonds. The van der Waals surface area contributed by atoms with Gasteiger partial charge in [-0.2, -0.15) is 0 Å². The lowest BCUT2D eigenvalue weighted by molar-refractivity contribution is 0.418. The van der Waals surface area contributed by atoms with E-state index in [-0.39, 0.29) is 11.4 Å². The van der Waals surface area contributed by atoms with E-state index in [4.69, 9.17) is 0 Å². The molecule has 1 rings (SSSR count). The Morgan fingerprint density at radius 1 is 1.14 bits per heavy atom. The molecule has 0 saturated heterocycles. The minimum atomic E-state index is -0.126. The average molecular weight is 294 g/mol. The highest BCUT2D eigenvalue weighted by Gasteiger charge is 2.19. The number of rotatable bonds is 6. The molecule has 0 bridgehead atoms. The molecule has 0 atom stereocenters. The fourth-order valence-electron chi connectivity index (χ4n) is 2.33. The Labute approximate surface area is 129 Å². The smallest absolute Gasteiger partial charge is 0.129 e. The van der Waals surface area contributed by atoms with Crippen LogP contribution in [0, 0.1) is 11.7 Å². The number of halogens is 1. The minimum absolute atomic E-state index is 0.0275. The maximum Gasteiger partial charge on any atom is 0.129 e. The van der Waals surface area contributed by atoms with Gasteiger partial charge in [0, 0.05) is 35.9 Å². The van der Waals surface area contributed by atoms with E-state index in [9.17, 15) is 4.39 Å². The van der Waals surface area contributed by atoms with Crippen molar-refractivity contribution in [2.75, 3.05) is 11.4 Å². The number of benzene rings is 1. The first-order valence-electron chi connectivity index (χ1n) is 7.91. The molecule has 0 aromatic heterocycles. The molecule has 0 heterocycles. The van der Waals surface area contributed by atoms with Crippen molar-refractivity contribution >= 4 is 5.69 Å². The maximum absolute atomic E-state index is 14.3. The molecule has 2 nitrogen and oxygen atoms in total. The summed E-state index contributed by atoms with van der Waals surface area (Å²) in [5.74, 6) is 0.415. The molecular formula is C18H31FN2. The monoisotopic (exact) mass is 294 g/mol. The molecule has 0 aliphatic carbocycles. The standard InChI is InChI=1S/C18H31FN2/c1-13(2)12-21(14(3)4)17-10-8-9-16(19)15(17)11-20-18(5,6)7/h8-10,13-14,20H,11-12H2,1-7H3. The van der Waals surface area contributed by atoms with Crippen LogP contribution in [-0.2, 0) is 6.54 Å². The van der Waals surface area contributed by atoms with Crippen LogP contribution in [0.4, 0.5) is 10.1 Å². The third kappa shape index (κ3) is 5.66.